The van der Waals surface area contributed by atoms with Crippen molar-refractivity contribution in [3.05, 3.63) is 86.5 Å². The first-order valence-corrected chi connectivity index (χ1v) is 22.9. The van der Waals surface area contributed by atoms with E-state index in [1.54, 1.807) is 49.3 Å². The zero-order valence-electron chi connectivity index (χ0n) is 34.5. The summed E-state index contributed by atoms with van der Waals surface area (Å²) in [4.78, 5) is 0. The van der Waals surface area contributed by atoms with E-state index in [1.165, 1.54) is 132 Å². The zero-order chi connectivity index (χ0) is 36.3. The van der Waals surface area contributed by atoms with Crippen LogP contribution in [0.2, 0.25) is 0 Å². The molecule has 0 aliphatic carbocycles. The Kier molecular flexibility index (Phi) is 20.1. The molecule has 0 unspecified atom stereocenters. The molecule has 0 N–H and O–H groups in total. The van der Waals surface area contributed by atoms with Crippen molar-refractivity contribution in [1.82, 2.24) is 0 Å². The van der Waals surface area contributed by atoms with Crippen molar-refractivity contribution in [2.45, 2.75) is 204 Å². The number of unbranched alkanes of at least 4 members (excludes halogenated alkanes) is 14. The maximum atomic E-state index is 2.61. The van der Waals surface area contributed by atoms with Gasteiger partial charge in [0.15, 0.2) is 0 Å². The molecule has 3 aromatic rings. The SMILES string of the molecule is CCCCCCCCCCc1c(P(c2ccc(C)c(C)c2C)c2ccc(CC)c(CC)c2CCCCCCCCCC)ccc(CC)c1CC. The molecule has 0 saturated heterocycles. The van der Waals surface area contributed by atoms with Gasteiger partial charge in [-0.2, -0.15) is 0 Å². The minimum atomic E-state index is -0.685. The van der Waals surface area contributed by atoms with Crippen molar-refractivity contribution < 1.29 is 0 Å². The summed E-state index contributed by atoms with van der Waals surface area (Å²) in [6, 6.07) is 15.2. The second-order valence-electron chi connectivity index (χ2n) is 15.3. The van der Waals surface area contributed by atoms with Crippen molar-refractivity contribution in [3.8, 4) is 0 Å². The van der Waals surface area contributed by atoms with Crippen molar-refractivity contribution in [1.29, 1.82) is 0 Å². The molecule has 50 heavy (non-hydrogen) atoms. The highest BCUT2D eigenvalue weighted by Crippen LogP contribution is 2.41. The van der Waals surface area contributed by atoms with Gasteiger partial charge in [0.2, 0.25) is 0 Å². The van der Waals surface area contributed by atoms with E-state index in [4.69, 9.17) is 0 Å². The summed E-state index contributed by atoms with van der Waals surface area (Å²) >= 11 is 0. The fourth-order valence-corrected chi connectivity index (χ4v) is 11.4. The number of rotatable bonds is 25. The number of aryl methyl sites for hydroxylation is 3. The predicted octanol–water partition coefficient (Wildman–Crippen LogP) is 14.0. The third-order valence-electron chi connectivity index (χ3n) is 11.8. The van der Waals surface area contributed by atoms with E-state index in [2.05, 4.69) is 98.7 Å². The largest absolute Gasteiger partial charge is 0.0654 e. The second-order valence-corrected chi connectivity index (χ2v) is 17.4. The van der Waals surface area contributed by atoms with Gasteiger partial charge < -0.3 is 0 Å². The lowest BCUT2D eigenvalue weighted by Crippen LogP contribution is -2.30. The van der Waals surface area contributed by atoms with Crippen molar-refractivity contribution >= 4 is 23.8 Å². The Bertz CT molecular complexity index is 1330. The molecular formula is C49H77P. The molecule has 278 valence electrons. The molecule has 0 aliphatic rings. The van der Waals surface area contributed by atoms with E-state index in [0.29, 0.717) is 0 Å². The Morgan fingerprint density at radius 3 is 1.12 bits per heavy atom. The second kappa shape index (κ2) is 23.6. The molecule has 0 atom stereocenters. The molecule has 0 radical (unpaired) electrons. The van der Waals surface area contributed by atoms with Gasteiger partial charge in [-0.25, -0.2) is 0 Å². The molecule has 0 saturated carbocycles. The van der Waals surface area contributed by atoms with Gasteiger partial charge in [-0.1, -0.05) is 168 Å². The van der Waals surface area contributed by atoms with E-state index >= 15 is 0 Å². The quantitative estimate of drug-likeness (QED) is 0.0611. The van der Waals surface area contributed by atoms with Crippen LogP contribution in [-0.4, -0.2) is 0 Å². The topological polar surface area (TPSA) is 0 Å². The van der Waals surface area contributed by atoms with Gasteiger partial charge in [0, 0.05) is 0 Å². The molecule has 0 aromatic heterocycles. The first-order valence-electron chi connectivity index (χ1n) is 21.5. The molecule has 0 nitrogen and oxygen atoms in total. The van der Waals surface area contributed by atoms with Crippen LogP contribution >= 0.6 is 7.92 Å². The van der Waals surface area contributed by atoms with Gasteiger partial charge in [0.25, 0.3) is 0 Å². The van der Waals surface area contributed by atoms with Gasteiger partial charge in [-0.05, 0) is 146 Å². The van der Waals surface area contributed by atoms with Crippen LogP contribution < -0.4 is 15.9 Å². The van der Waals surface area contributed by atoms with E-state index in [9.17, 15) is 0 Å². The lowest BCUT2D eigenvalue weighted by Gasteiger charge is -2.30. The fourth-order valence-electron chi connectivity index (χ4n) is 8.42. The van der Waals surface area contributed by atoms with Crippen molar-refractivity contribution in [3.63, 3.8) is 0 Å². The molecule has 0 amide bonds. The summed E-state index contributed by atoms with van der Waals surface area (Å²) in [6.07, 6.45) is 29.0. The average Bonchev–Trinajstić information content (AvgIpc) is 3.13. The van der Waals surface area contributed by atoms with Crippen LogP contribution in [0, 0.1) is 20.8 Å². The maximum Gasteiger partial charge on any atom is -0.0116 e. The van der Waals surface area contributed by atoms with E-state index < -0.39 is 7.92 Å². The Morgan fingerprint density at radius 1 is 0.360 bits per heavy atom. The highest BCUT2D eigenvalue weighted by Gasteiger charge is 2.27. The molecular weight excluding hydrogens is 620 g/mol. The average molecular weight is 697 g/mol. The first-order chi connectivity index (χ1) is 24.4. The molecule has 0 bridgehead atoms. The van der Waals surface area contributed by atoms with Crippen LogP contribution in [0.15, 0.2) is 36.4 Å². The summed E-state index contributed by atoms with van der Waals surface area (Å²) in [5.41, 5.74) is 14.3. The number of hydrogen-bond donors (Lipinski definition) is 0. The summed E-state index contributed by atoms with van der Waals surface area (Å²) in [5.74, 6) is 0. The summed E-state index contributed by atoms with van der Waals surface area (Å²) in [7, 11) is -0.685. The van der Waals surface area contributed by atoms with Crippen LogP contribution in [0.5, 0.6) is 0 Å². The Hall–Kier alpha value is -1.91. The predicted molar refractivity (Wildman–Crippen MR) is 229 cm³/mol. The number of benzene rings is 3. The van der Waals surface area contributed by atoms with Crippen LogP contribution in [-0.2, 0) is 38.5 Å². The smallest absolute Gasteiger partial charge is 0.0116 e. The van der Waals surface area contributed by atoms with Gasteiger partial charge in [-0.15, -0.1) is 0 Å². The monoisotopic (exact) mass is 697 g/mol. The molecule has 3 aromatic carbocycles. The minimum absolute atomic E-state index is 0.685. The van der Waals surface area contributed by atoms with Crippen molar-refractivity contribution in [2.24, 2.45) is 0 Å². The zero-order valence-corrected chi connectivity index (χ0v) is 35.4. The number of hydrogen-bond acceptors (Lipinski definition) is 0. The van der Waals surface area contributed by atoms with E-state index in [-0.39, 0.29) is 0 Å². The molecule has 0 aliphatic heterocycles. The van der Waals surface area contributed by atoms with Gasteiger partial charge in [-0.3, -0.25) is 0 Å². The third kappa shape index (κ3) is 11.8. The lowest BCUT2D eigenvalue weighted by atomic mass is 9.93. The summed E-state index contributed by atoms with van der Waals surface area (Å²) < 4.78 is 0. The van der Waals surface area contributed by atoms with Crippen LogP contribution in [0.25, 0.3) is 0 Å². The Balaban J connectivity index is 2.14. The third-order valence-corrected chi connectivity index (χ3v) is 14.6. The summed E-state index contributed by atoms with van der Waals surface area (Å²) in [6.45, 7) is 21.3. The highest BCUT2D eigenvalue weighted by atomic mass is 31.1. The maximum absolute atomic E-state index is 2.61. The van der Waals surface area contributed by atoms with Gasteiger partial charge in [0.05, 0.1) is 0 Å². The minimum Gasteiger partial charge on any atom is -0.0654 e. The molecule has 3 rings (SSSR count). The van der Waals surface area contributed by atoms with Crippen LogP contribution in [0.3, 0.4) is 0 Å². The molecule has 1 heteroatoms. The molecule has 0 heterocycles. The Morgan fingerprint density at radius 2 is 0.740 bits per heavy atom. The summed E-state index contributed by atoms with van der Waals surface area (Å²) in [5, 5.41) is 4.91. The Labute approximate surface area is 312 Å². The normalized spacial score (nSPS) is 11.6. The lowest BCUT2D eigenvalue weighted by molar-refractivity contribution is 0.575. The van der Waals surface area contributed by atoms with E-state index in [0.717, 1.165) is 25.7 Å². The van der Waals surface area contributed by atoms with E-state index in [1.807, 2.05) is 0 Å². The molecule has 0 spiro atoms. The first kappa shape index (κ1) is 42.5. The standard InChI is InChI=1S/C49H77P/c1-10-16-18-20-22-24-26-28-30-45-43(14-5)41(12-3)33-36-48(45)50(47-35-32-38(7)39(8)40(47)9)49-37-34-42(13-4)44(15-6)46(49)31-29-27-25-23-21-19-17-11-2/h32-37H,10-31H2,1-9H3. The fraction of sp³-hybridized carbons (Fsp3) is 0.633. The highest BCUT2D eigenvalue weighted by molar-refractivity contribution is 7.80. The van der Waals surface area contributed by atoms with Crippen LogP contribution in [0.1, 0.15) is 194 Å². The van der Waals surface area contributed by atoms with Crippen molar-refractivity contribution in [2.75, 3.05) is 0 Å². The molecule has 0 fully saturated rings. The van der Waals surface area contributed by atoms with Gasteiger partial charge >= 0.3 is 0 Å². The van der Waals surface area contributed by atoms with Gasteiger partial charge in [0.1, 0.15) is 0 Å². The van der Waals surface area contributed by atoms with Crippen LogP contribution in [0.4, 0.5) is 0 Å².